The van der Waals surface area contributed by atoms with Gasteiger partial charge in [-0.15, -0.1) is 24.0 Å². The number of hydrogen-bond acceptors (Lipinski definition) is 4. The van der Waals surface area contributed by atoms with Gasteiger partial charge in [-0.2, -0.15) is 0 Å². The molecule has 1 aromatic heterocycles. The first-order valence-corrected chi connectivity index (χ1v) is 10.3. The van der Waals surface area contributed by atoms with Gasteiger partial charge in [0.1, 0.15) is 5.82 Å². The van der Waals surface area contributed by atoms with Crippen LogP contribution in [0.5, 0.6) is 0 Å². The lowest BCUT2D eigenvalue weighted by Gasteiger charge is -2.27. The molecule has 1 aromatic rings. The van der Waals surface area contributed by atoms with Crippen molar-refractivity contribution in [2.75, 3.05) is 44.2 Å². The summed E-state index contributed by atoms with van der Waals surface area (Å²) < 4.78 is 0. The van der Waals surface area contributed by atoms with E-state index in [1.165, 1.54) is 19.3 Å². The Morgan fingerprint density at radius 1 is 1.11 bits per heavy atom. The van der Waals surface area contributed by atoms with E-state index in [2.05, 4.69) is 31.6 Å². The molecule has 2 fully saturated rings. The third kappa shape index (κ3) is 6.79. The number of pyridine rings is 1. The highest BCUT2D eigenvalue weighted by Crippen LogP contribution is 2.18. The van der Waals surface area contributed by atoms with Gasteiger partial charge in [0, 0.05) is 38.9 Å². The maximum absolute atomic E-state index is 12.2. The molecule has 0 aromatic carbocycles. The van der Waals surface area contributed by atoms with Gasteiger partial charge >= 0.3 is 0 Å². The Morgan fingerprint density at radius 2 is 1.82 bits per heavy atom. The zero-order chi connectivity index (χ0) is 18.9. The number of nitrogens with one attached hydrogen (secondary N) is 2. The Morgan fingerprint density at radius 3 is 2.54 bits per heavy atom. The van der Waals surface area contributed by atoms with Crippen LogP contribution in [0, 0.1) is 0 Å². The number of carbonyl (C=O) groups excluding carboxylic acids is 1. The van der Waals surface area contributed by atoms with Gasteiger partial charge in [-0.25, -0.2) is 9.98 Å². The molecule has 156 valence electrons. The minimum atomic E-state index is 0. The highest BCUT2D eigenvalue weighted by molar-refractivity contribution is 14.0. The number of amides is 1. The number of likely N-dealkylation sites (tertiary alicyclic amines) is 1. The topological polar surface area (TPSA) is 72.9 Å². The van der Waals surface area contributed by atoms with Crippen LogP contribution in [-0.2, 0) is 11.3 Å². The summed E-state index contributed by atoms with van der Waals surface area (Å²) in [5, 5.41) is 6.39. The normalized spacial score (nSPS) is 17.2. The summed E-state index contributed by atoms with van der Waals surface area (Å²) in [5.41, 5.74) is 1.13. The van der Waals surface area contributed by atoms with E-state index < -0.39 is 0 Å². The van der Waals surface area contributed by atoms with Crippen LogP contribution >= 0.6 is 24.0 Å². The van der Waals surface area contributed by atoms with Crippen LogP contribution < -0.4 is 15.5 Å². The standard InChI is InChI=1S/C20H32N6O.HI/c1-2-21-20(24-16-19(27)26-12-6-7-13-26)23-15-17-8-9-22-18(14-17)25-10-4-3-5-11-25;/h8-9,14H,2-7,10-13,15-16H2,1H3,(H2,21,23,24);1H. The molecule has 0 spiro atoms. The predicted octanol–water partition coefficient (Wildman–Crippen LogP) is 2.37. The molecule has 28 heavy (non-hydrogen) atoms. The van der Waals surface area contributed by atoms with Crippen molar-refractivity contribution in [2.24, 2.45) is 4.99 Å². The average molecular weight is 500 g/mol. The Kier molecular flexibility index (Phi) is 9.80. The Balaban J connectivity index is 0.00000280. The first kappa shape index (κ1) is 22.7. The number of anilines is 1. The van der Waals surface area contributed by atoms with E-state index in [1.54, 1.807) is 0 Å². The van der Waals surface area contributed by atoms with Gasteiger partial charge in [0.05, 0.1) is 13.1 Å². The Bertz CT molecular complexity index is 641. The zero-order valence-electron chi connectivity index (χ0n) is 16.8. The van der Waals surface area contributed by atoms with Crippen molar-refractivity contribution >= 4 is 41.7 Å². The molecule has 2 N–H and O–H groups in total. The van der Waals surface area contributed by atoms with Crippen LogP contribution in [0.15, 0.2) is 23.3 Å². The number of aliphatic imine (C=N–C) groups is 1. The van der Waals surface area contributed by atoms with Crippen LogP contribution in [0.1, 0.15) is 44.6 Å². The average Bonchev–Trinajstić information content (AvgIpc) is 3.26. The number of nitrogens with zero attached hydrogens (tertiary/aromatic N) is 4. The van der Waals surface area contributed by atoms with Crippen molar-refractivity contribution in [3.05, 3.63) is 23.9 Å². The minimum Gasteiger partial charge on any atom is -0.357 e. The lowest BCUT2D eigenvalue weighted by atomic mass is 10.1. The Hall–Kier alpha value is -1.58. The van der Waals surface area contributed by atoms with Gasteiger partial charge in [0.2, 0.25) is 5.91 Å². The van der Waals surface area contributed by atoms with Gasteiger partial charge in [-0.05, 0) is 56.7 Å². The molecule has 0 aliphatic carbocycles. The second-order valence-corrected chi connectivity index (χ2v) is 7.21. The van der Waals surface area contributed by atoms with Gasteiger partial charge in [-0.3, -0.25) is 4.79 Å². The maximum atomic E-state index is 12.2. The second kappa shape index (κ2) is 12.1. The van der Waals surface area contributed by atoms with Crippen molar-refractivity contribution in [1.29, 1.82) is 0 Å². The number of hydrogen-bond donors (Lipinski definition) is 2. The molecule has 3 heterocycles. The second-order valence-electron chi connectivity index (χ2n) is 7.21. The quantitative estimate of drug-likeness (QED) is 0.357. The minimum absolute atomic E-state index is 0. The van der Waals surface area contributed by atoms with Crippen molar-refractivity contribution in [1.82, 2.24) is 20.5 Å². The van der Waals surface area contributed by atoms with E-state index in [0.717, 1.165) is 56.9 Å². The third-order valence-corrected chi connectivity index (χ3v) is 5.12. The van der Waals surface area contributed by atoms with Crippen molar-refractivity contribution in [3.8, 4) is 0 Å². The highest BCUT2D eigenvalue weighted by Gasteiger charge is 2.17. The first-order chi connectivity index (χ1) is 13.3. The molecule has 2 aliphatic rings. The third-order valence-electron chi connectivity index (χ3n) is 5.12. The van der Waals surface area contributed by atoms with E-state index in [9.17, 15) is 4.79 Å². The molecule has 0 saturated carbocycles. The highest BCUT2D eigenvalue weighted by atomic mass is 127. The summed E-state index contributed by atoms with van der Waals surface area (Å²) in [5.74, 6) is 1.88. The van der Waals surface area contributed by atoms with Crippen molar-refractivity contribution < 1.29 is 4.79 Å². The summed E-state index contributed by atoms with van der Waals surface area (Å²) in [6.45, 7) is 7.58. The van der Waals surface area contributed by atoms with E-state index >= 15 is 0 Å². The van der Waals surface area contributed by atoms with Gasteiger partial charge in [-0.1, -0.05) is 0 Å². The number of piperidine rings is 1. The smallest absolute Gasteiger partial charge is 0.241 e. The maximum Gasteiger partial charge on any atom is 0.241 e. The molecular formula is C20H33IN6O. The molecule has 0 unspecified atom stereocenters. The van der Waals surface area contributed by atoms with Crippen LogP contribution in [-0.4, -0.2) is 61.0 Å². The van der Waals surface area contributed by atoms with E-state index in [4.69, 9.17) is 0 Å². The van der Waals surface area contributed by atoms with Crippen LogP contribution in [0.3, 0.4) is 0 Å². The van der Waals surface area contributed by atoms with Crippen LogP contribution in [0.4, 0.5) is 5.82 Å². The number of carbonyl (C=O) groups is 1. The molecule has 1 amide bonds. The fraction of sp³-hybridized carbons (Fsp3) is 0.650. The number of rotatable bonds is 6. The summed E-state index contributed by atoms with van der Waals surface area (Å²) in [7, 11) is 0. The summed E-state index contributed by atoms with van der Waals surface area (Å²) in [6.07, 6.45) is 7.89. The number of guanidine groups is 1. The number of aromatic nitrogens is 1. The molecule has 3 rings (SSSR count). The van der Waals surface area contributed by atoms with Crippen molar-refractivity contribution in [2.45, 2.75) is 45.6 Å². The summed E-state index contributed by atoms with van der Waals surface area (Å²) in [4.78, 5) is 25.7. The summed E-state index contributed by atoms with van der Waals surface area (Å²) in [6, 6.07) is 4.14. The molecule has 7 nitrogen and oxygen atoms in total. The predicted molar refractivity (Wildman–Crippen MR) is 124 cm³/mol. The SMILES string of the molecule is CCNC(=NCc1ccnc(N2CCCCC2)c1)NCC(=O)N1CCCC1.I. The van der Waals surface area contributed by atoms with Crippen LogP contribution in [0.2, 0.25) is 0 Å². The van der Waals surface area contributed by atoms with Crippen LogP contribution in [0.25, 0.3) is 0 Å². The first-order valence-electron chi connectivity index (χ1n) is 10.3. The molecular weight excluding hydrogens is 467 g/mol. The lowest BCUT2D eigenvalue weighted by molar-refractivity contribution is -0.128. The largest absolute Gasteiger partial charge is 0.357 e. The summed E-state index contributed by atoms with van der Waals surface area (Å²) >= 11 is 0. The Labute approximate surface area is 185 Å². The molecule has 0 bridgehead atoms. The molecule has 2 saturated heterocycles. The number of halogens is 1. The molecule has 8 heteroatoms. The fourth-order valence-electron chi connectivity index (χ4n) is 3.60. The zero-order valence-corrected chi connectivity index (χ0v) is 19.2. The molecule has 2 aliphatic heterocycles. The van der Waals surface area contributed by atoms with Crippen molar-refractivity contribution in [3.63, 3.8) is 0 Å². The molecule has 0 radical (unpaired) electrons. The fourth-order valence-corrected chi connectivity index (χ4v) is 3.60. The van der Waals surface area contributed by atoms with Gasteiger partial charge in [0.25, 0.3) is 0 Å². The van der Waals surface area contributed by atoms with E-state index in [-0.39, 0.29) is 29.9 Å². The molecule has 0 atom stereocenters. The van der Waals surface area contributed by atoms with E-state index in [0.29, 0.717) is 19.0 Å². The van der Waals surface area contributed by atoms with Gasteiger partial charge < -0.3 is 20.4 Å². The van der Waals surface area contributed by atoms with E-state index in [1.807, 2.05) is 24.1 Å². The van der Waals surface area contributed by atoms with Gasteiger partial charge in [0.15, 0.2) is 5.96 Å². The monoisotopic (exact) mass is 500 g/mol. The lowest BCUT2D eigenvalue weighted by Crippen LogP contribution is -2.44.